The molecule has 0 heterocycles. The molecule has 0 aliphatic rings. The van der Waals surface area contributed by atoms with Gasteiger partial charge in [0.1, 0.15) is 0 Å². The predicted molar refractivity (Wildman–Crippen MR) is 60.1 cm³/mol. The van der Waals surface area contributed by atoms with Gasteiger partial charge in [-0.2, -0.15) is 4.39 Å². The molecule has 1 unspecified atom stereocenters. The molecule has 0 fully saturated rings. The van der Waals surface area contributed by atoms with Gasteiger partial charge >= 0.3 is 5.97 Å². The van der Waals surface area contributed by atoms with Crippen LogP contribution in [0.5, 0.6) is 11.5 Å². The molecule has 2 N–H and O–H groups in total. The van der Waals surface area contributed by atoms with Crippen LogP contribution in [0.25, 0.3) is 0 Å². The van der Waals surface area contributed by atoms with Gasteiger partial charge in [-0.05, 0) is 18.1 Å². The fourth-order valence-corrected chi connectivity index (χ4v) is 1.69. The van der Waals surface area contributed by atoms with E-state index in [9.17, 15) is 14.3 Å². The molecule has 17 heavy (non-hydrogen) atoms. The van der Waals surface area contributed by atoms with Gasteiger partial charge in [-0.1, -0.05) is 18.5 Å². The molecule has 94 valence electrons. The molecule has 0 aliphatic heterocycles. The van der Waals surface area contributed by atoms with Gasteiger partial charge in [0.05, 0.1) is 18.1 Å². The number of benzene rings is 1. The second-order valence-electron chi connectivity index (χ2n) is 3.66. The predicted octanol–water partition coefficient (Wildman–Crippen LogP) is 2.46. The molecule has 1 aromatic rings. The van der Waals surface area contributed by atoms with E-state index in [0.29, 0.717) is 0 Å². The lowest BCUT2D eigenvalue weighted by molar-refractivity contribution is -0.141. The average molecular weight is 263 g/mol. The van der Waals surface area contributed by atoms with Gasteiger partial charge in [0, 0.05) is 0 Å². The summed E-state index contributed by atoms with van der Waals surface area (Å²) >= 11 is 5.75. The van der Waals surface area contributed by atoms with Crippen molar-refractivity contribution in [2.24, 2.45) is 5.92 Å². The van der Waals surface area contributed by atoms with Gasteiger partial charge in [-0.3, -0.25) is 4.79 Å². The minimum Gasteiger partial charge on any atom is -0.505 e. The maximum Gasteiger partial charge on any atom is 0.306 e. The van der Waals surface area contributed by atoms with E-state index in [-0.39, 0.29) is 22.8 Å². The first-order valence-corrected chi connectivity index (χ1v) is 5.22. The number of phenolic OH excluding ortho intramolecular Hbond substituents is 1. The third kappa shape index (κ3) is 2.79. The van der Waals surface area contributed by atoms with Gasteiger partial charge in [0.25, 0.3) is 0 Å². The molecule has 0 saturated carbocycles. The summed E-state index contributed by atoms with van der Waals surface area (Å²) in [4.78, 5) is 10.7. The fourth-order valence-electron chi connectivity index (χ4n) is 1.40. The summed E-state index contributed by atoms with van der Waals surface area (Å²) in [7, 11) is 1.23. The van der Waals surface area contributed by atoms with Crippen LogP contribution >= 0.6 is 11.6 Å². The molecule has 4 nitrogen and oxygen atoms in total. The molecule has 0 aromatic heterocycles. The van der Waals surface area contributed by atoms with Crippen LogP contribution in [0.4, 0.5) is 4.39 Å². The van der Waals surface area contributed by atoms with Gasteiger partial charge < -0.3 is 14.9 Å². The number of aromatic hydroxyl groups is 1. The second kappa shape index (κ2) is 5.23. The molecule has 0 saturated heterocycles. The number of halogens is 2. The summed E-state index contributed by atoms with van der Waals surface area (Å²) < 4.78 is 18.2. The Kier molecular flexibility index (Phi) is 4.17. The molecule has 0 aliphatic carbocycles. The molecule has 0 spiro atoms. The highest BCUT2D eigenvalue weighted by Crippen LogP contribution is 2.37. The topological polar surface area (TPSA) is 66.8 Å². The zero-order valence-electron chi connectivity index (χ0n) is 9.33. The Balaban J connectivity index is 3.15. The summed E-state index contributed by atoms with van der Waals surface area (Å²) in [5, 5.41) is 18.3. The molecule has 1 aromatic carbocycles. The van der Waals surface area contributed by atoms with Crippen molar-refractivity contribution in [3.05, 3.63) is 22.5 Å². The second-order valence-corrected chi connectivity index (χ2v) is 4.06. The SMILES string of the molecule is COc1c(Cl)cc(CC(C)C(=O)O)c(O)c1F. The van der Waals surface area contributed by atoms with E-state index in [1.807, 2.05) is 0 Å². The highest BCUT2D eigenvalue weighted by molar-refractivity contribution is 6.32. The van der Waals surface area contributed by atoms with Gasteiger partial charge in [0.15, 0.2) is 11.5 Å². The number of carboxylic acid groups (broad SMARTS) is 1. The summed E-state index contributed by atoms with van der Waals surface area (Å²) in [6.45, 7) is 1.46. The zero-order chi connectivity index (χ0) is 13.2. The van der Waals surface area contributed by atoms with Crippen LogP contribution in [0, 0.1) is 11.7 Å². The first-order chi connectivity index (χ1) is 7.88. The number of hydrogen-bond donors (Lipinski definition) is 2. The van der Waals surface area contributed by atoms with E-state index in [1.165, 1.54) is 20.1 Å². The van der Waals surface area contributed by atoms with Crippen molar-refractivity contribution in [1.82, 2.24) is 0 Å². The minimum atomic E-state index is -1.03. The Morgan fingerprint density at radius 1 is 1.65 bits per heavy atom. The number of carbonyl (C=O) groups is 1. The van der Waals surface area contributed by atoms with E-state index in [2.05, 4.69) is 4.74 Å². The van der Waals surface area contributed by atoms with Crippen molar-refractivity contribution in [3.63, 3.8) is 0 Å². The standard InChI is InChI=1S/C11H12ClFO4/c1-5(11(15)16)3-6-4-7(12)10(17-2)8(13)9(6)14/h4-5,14H,3H2,1-2H3,(H,15,16). The minimum absolute atomic E-state index is 0.00427. The Labute approximate surface area is 103 Å². The number of phenols is 1. The summed E-state index contributed by atoms with van der Waals surface area (Å²) in [6.07, 6.45) is -0.0121. The molecule has 0 radical (unpaired) electrons. The van der Waals surface area contributed by atoms with Gasteiger partial charge in [-0.15, -0.1) is 0 Å². The van der Waals surface area contributed by atoms with Crippen molar-refractivity contribution in [2.75, 3.05) is 7.11 Å². The third-order valence-electron chi connectivity index (χ3n) is 2.38. The summed E-state index contributed by atoms with van der Waals surface area (Å²) in [6, 6.07) is 1.30. The molecule has 0 bridgehead atoms. The van der Waals surface area contributed by atoms with Crippen molar-refractivity contribution in [2.45, 2.75) is 13.3 Å². The fraction of sp³-hybridized carbons (Fsp3) is 0.364. The third-order valence-corrected chi connectivity index (χ3v) is 2.66. The van der Waals surface area contributed by atoms with Crippen LogP contribution < -0.4 is 4.74 Å². The Morgan fingerprint density at radius 2 is 2.24 bits per heavy atom. The summed E-state index contributed by atoms with van der Waals surface area (Å²) in [5.41, 5.74) is 0.142. The van der Waals surface area contributed by atoms with Crippen LogP contribution in [-0.2, 0) is 11.2 Å². The highest BCUT2D eigenvalue weighted by Gasteiger charge is 2.21. The number of carboxylic acids is 1. The van der Waals surface area contributed by atoms with Crippen molar-refractivity contribution >= 4 is 17.6 Å². The Hall–Kier alpha value is -1.49. The van der Waals surface area contributed by atoms with Crippen LogP contribution in [0.15, 0.2) is 6.07 Å². The van der Waals surface area contributed by atoms with Crippen molar-refractivity contribution < 1.29 is 24.1 Å². The highest BCUT2D eigenvalue weighted by atomic mass is 35.5. The molecule has 1 rings (SSSR count). The largest absolute Gasteiger partial charge is 0.505 e. The molecular weight excluding hydrogens is 251 g/mol. The number of ether oxygens (including phenoxy) is 1. The van der Waals surface area contributed by atoms with E-state index >= 15 is 0 Å². The normalized spacial score (nSPS) is 12.2. The lowest BCUT2D eigenvalue weighted by Crippen LogP contribution is -2.12. The first-order valence-electron chi connectivity index (χ1n) is 4.85. The number of rotatable bonds is 4. The van der Waals surface area contributed by atoms with E-state index in [1.54, 1.807) is 0 Å². The number of hydrogen-bond acceptors (Lipinski definition) is 3. The monoisotopic (exact) mass is 262 g/mol. The average Bonchev–Trinajstić information content (AvgIpc) is 2.26. The van der Waals surface area contributed by atoms with E-state index in [0.717, 1.165) is 0 Å². The van der Waals surface area contributed by atoms with Crippen molar-refractivity contribution in [3.8, 4) is 11.5 Å². The van der Waals surface area contributed by atoms with Gasteiger partial charge in [-0.25, -0.2) is 0 Å². The molecule has 0 amide bonds. The van der Waals surface area contributed by atoms with E-state index < -0.39 is 23.5 Å². The maximum absolute atomic E-state index is 13.6. The maximum atomic E-state index is 13.6. The lowest BCUT2D eigenvalue weighted by atomic mass is 10.00. The Morgan fingerprint density at radius 3 is 2.71 bits per heavy atom. The van der Waals surface area contributed by atoms with Gasteiger partial charge in [0.2, 0.25) is 5.82 Å². The number of methoxy groups -OCH3 is 1. The molecular formula is C11H12ClFO4. The van der Waals surface area contributed by atoms with Crippen LogP contribution in [0.2, 0.25) is 5.02 Å². The Bertz CT molecular complexity index is 448. The zero-order valence-corrected chi connectivity index (χ0v) is 10.1. The lowest BCUT2D eigenvalue weighted by Gasteiger charge is -2.12. The molecule has 6 heteroatoms. The quantitative estimate of drug-likeness (QED) is 0.875. The van der Waals surface area contributed by atoms with Crippen LogP contribution in [0.3, 0.4) is 0 Å². The molecule has 1 atom stereocenters. The number of aliphatic carboxylic acids is 1. The van der Waals surface area contributed by atoms with Crippen molar-refractivity contribution in [1.29, 1.82) is 0 Å². The first kappa shape index (κ1) is 13.6. The van der Waals surface area contributed by atoms with E-state index in [4.69, 9.17) is 16.7 Å². The van der Waals surface area contributed by atoms with Crippen LogP contribution in [-0.4, -0.2) is 23.3 Å². The summed E-state index contributed by atoms with van der Waals surface area (Å²) in [5.74, 6) is -3.63. The smallest absolute Gasteiger partial charge is 0.306 e. The van der Waals surface area contributed by atoms with Crippen LogP contribution in [0.1, 0.15) is 12.5 Å².